The molecule has 6 nitrogen and oxygen atoms in total. The SMILES string of the molecule is CC(C)(C)NS(=O)(=O)c1cc(C(=O)Nc2ccc(Br)cn2)ccc1Cl. The van der Waals surface area contributed by atoms with Crippen LogP contribution >= 0.6 is 27.5 Å². The topological polar surface area (TPSA) is 88.2 Å². The van der Waals surface area contributed by atoms with Crippen molar-refractivity contribution in [2.45, 2.75) is 31.2 Å². The third-order valence-corrected chi connectivity index (χ3v) is 5.60. The summed E-state index contributed by atoms with van der Waals surface area (Å²) in [5.41, 5.74) is -0.523. The van der Waals surface area contributed by atoms with Crippen LogP contribution in [0.1, 0.15) is 31.1 Å². The zero-order valence-electron chi connectivity index (χ0n) is 13.8. The van der Waals surface area contributed by atoms with Crippen LogP contribution in [0.25, 0.3) is 0 Å². The Morgan fingerprint density at radius 1 is 1.20 bits per heavy atom. The lowest BCUT2D eigenvalue weighted by Crippen LogP contribution is -2.40. The highest BCUT2D eigenvalue weighted by molar-refractivity contribution is 9.10. The number of amides is 1. The van der Waals surface area contributed by atoms with Crippen LogP contribution < -0.4 is 10.0 Å². The number of hydrogen-bond acceptors (Lipinski definition) is 4. The first-order valence-electron chi connectivity index (χ1n) is 7.24. The van der Waals surface area contributed by atoms with Gasteiger partial charge in [0.1, 0.15) is 10.7 Å². The number of sulfonamides is 1. The molecule has 0 aliphatic heterocycles. The normalized spacial score (nSPS) is 12.0. The Kier molecular flexibility index (Phi) is 5.88. The summed E-state index contributed by atoms with van der Waals surface area (Å²) in [6, 6.07) is 7.42. The van der Waals surface area contributed by atoms with Gasteiger partial charge in [-0.2, -0.15) is 0 Å². The number of hydrogen-bond donors (Lipinski definition) is 2. The van der Waals surface area contributed by atoms with Crippen molar-refractivity contribution in [1.29, 1.82) is 0 Å². The maximum absolute atomic E-state index is 12.5. The van der Waals surface area contributed by atoms with Crippen molar-refractivity contribution in [3.8, 4) is 0 Å². The molecule has 0 saturated heterocycles. The molecular formula is C16H17BrClN3O3S. The first-order valence-corrected chi connectivity index (χ1v) is 9.90. The molecule has 9 heteroatoms. The number of nitrogens with zero attached hydrogens (tertiary/aromatic N) is 1. The number of aromatic nitrogens is 1. The van der Waals surface area contributed by atoms with Crippen LogP contribution in [0.5, 0.6) is 0 Å². The number of halogens is 2. The van der Waals surface area contributed by atoms with Crippen molar-refractivity contribution in [3.05, 3.63) is 51.6 Å². The van der Waals surface area contributed by atoms with E-state index in [1.54, 1.807) is 39.1 Å². The molecule has 2 rings (SSSR count). The van der Waals surface area contributed by atoms with E-state index in [0.717, 1.165) is 4.47 Å². The molecule has 0 aliphatic carbocycles. The van der Waals surface area contributed by atoms with Gasteiger partial charge in [-0.05, 0) is 67.0 Å². The van der Waals surface area contributed by atoms with Gasteiger partial charge in [0.15, 0.2) is 0 Å². The lowest BCUT2D eigenvalue weighted by molar-refractivity contribution is 0.102. The van der Waals surface area contributed by atoms with Gasteiger partial charge in [0.05, 0.1) is 5.02 Å². The zero-order chi connectivity index (χ0) is 18.8. The Morgan fingerprint density at radius 2 is 1.88 bits per heavy atom. The molecule has 2 N–H and O–H groups in total. The van der Waals surface area contributed by atoms with E-state index in [2.05, 4.69) is 31.0 Å². The molecule has 0 atom stereocenters. The number of nitrogens with one attached hydrogen (secondary N) is 2. The second-order valence-corrected chi connectivity index (χ2v) is 9.29. The summed E-state index contributed by atoms with van der Waals surface area (Å²) in [7, 11) is -3.87. The van der Waals surface area contributed by atoms with Crippen molar-refractivity contribution in [3.63, 3.8) is 0 Å². The van der Waals surface area contributed by atoms with E-state index in [4.69, 9.17) is 11.6 Å². The minimum absolute atomic E-state index is 0.0371. The predicted molar refractivity (Wildman–Crippen MR) is 101 cm³/mol. The average Bonchev–Trinajstić information content (AvgIpc) is 2.47. The summed E-state index contributed by atoms with van der Waals surface area (Å²) < 4.78 is 28.3. The van der Waals surface area contributed by atoms with Gasteiger partial charge in [-0.25, -0.2) is 18.1 Å². The van der Waals surface area contributed by atoms with Gasteiger partial charge in [0, 0.05) is 21.8 Å². The van der Waals surface area contributed by atoms with Crippen LogP contribution in [0.2, 0.25) is 5.02 Å². The number of pyridine rings is 1. The largest absolute Gasteiger partial charge is 0.307 e. The minimum Gasteiger partial charge on any atom is -0.307 e. The predicted octanol–water partition coefficient (Wildman–Crippen LogP) is 3.83. The van der Waals surface area contributed by atoms with E-state index in [0.29, 0.717) is 5.82 Å². The Hall–Kier alpha value is -1.48. The fourth-order valence-corrected chi connectivity index (χ4v) is 4.13. The Bertz CT molecular complexity index is 894. The molecule has 0 saturated carbocycles. The van der Waals surface area contributed by atoms with Crippen molar-refractivity contribution in [2.24, 2.45) is 0 Å². The van der Waals surface area contributed by atoms with E-state index in [-0.39, 0.29) is 15.5 Å². The van der Waals surface area contributed by atoms with Crippen LogP contribution in [0.4, 0.5) is 5.82 Å². The molecule has 0 spiro atoms. The minimum atomic E-state index is -3.87. The van der Waals surface area contributed by atoms with Crippen molar-refractivity contribution in [1.82, 2.24) is 9.71 Å². The van der Waals surface area contributed by atoms with Crippen LogP contribution in [0.3, 0.4) is 0 Å². The first-order chi connectivity index (χ1) is 11.5. The highest BCUT2D eigenvalue weighted by Crippen LogP contribution is 2.24. The summed E-state index contributed by atoms with van der Waals surface area (Å²) in [5, 5.41) is 2.64. The number of carbonyl (C=O) groups excluding carboxylic acids is 1. The smallest absolute Gasteiger partial charge is 0.256 e. The van der Waals surface area contributed by atoms with E-state index < -0.39 is 21.5 Å². The fourth-order valence-electron chi connectivity index (χ4n) is 1.95. The molecule has 1 aromatic heterocycles. The first kappa shape index (κ1) is 19.8. The number of carbonyl (C=O) groups is 1. The molecule has 0 unspecified atom stereocenters. The fraction of sp³-hybridized carbons (Fsp3) is 0.250. The number of rotatable bonds is 4. The lowest BCUT2D eigenvalue weighted by Gasteiger charge is -2.21. The van der Waals surface area contributed by atoms with E-state index in [1.807, 2.05) is 0 Å². The maximum Gasteiger partial charge on any atom is 0.256 e. The van der Waals surface area contributed by atoms with Crippen molar-refractivity contribution in [2.75, 3.05) is 5.32 Å². The summed E-state index contributed by atoms with van der Waals surface area (Å²) in [6.07, 6.45) is 1.54. The zero-order valence-corrected chi connectivity index (χ0v) is 17.0. The molecule has 0 aliphatic rings. The molecule has 1 aromatic carbocycles. The van der Waals surface area contributed by atoms with Gasteiger partial charge >= 0.3 is 0 Å². The quantitative estimate of drug-likeness (QED) is 0.747. The number of anilines is 1. The molecule has 1 heterocycles. The van der Waals surface area contributed by atoms with Gasteiger partial charge in [0.2, 0.25) is 10.0 Å². The molecule has 0 fully saturated rings. The second-order valence-electron chi connectivity index (χ2n) is 6.32. The maximum atomic E-state index is 12.5. The summed E-state index contributed by atoms with van der Waals surface area (Å²) in [4.78, 5) is 16.2. The average molecular weight is 447 g/mol. The number of benzene rings is 1. The molecule has 134 valence electrons. The van der Waals surface area contributed by atoms with Gasteiger partial charge in [0.25, 0.3) is 5.91 Å². The molecule has 0 bridgehead atoms. The Labute approximate surface area is 160 Å². The van der Waals surface area contributed by atoms with Gasteiger partial charge in [-0.3, -0.25) is 4.79 Å². The van der Waals surface area contributed by atoms with Crippen LogP contribution in [0.15, 0.2) is 45.9 Å². The summed E-state index contributed by atoms with van der Waals surface area (Å²) in [5.74, 6) is -0.140. The molecule has 2 aromatic rings. The van der Waals surface area contributed by atoms with Gasteiger partial charge < -0.3 is 5.32 Å². The third kappa shape index (κ3) is 5.50. The van der Waals surface area contributed by atoms with Crippen LogP contribution in [-0.4, -0.2) is 24.8 Å². The molecule has 1 amide bonds. The van der Waals surface area contributed by atoms with E-state index >= 15 is 0 Å². The highest BCUT2D eigenvalue weighted by Gasteiger charge is 2.25. The van der Waals surface area contributed by atoms with E-state index in [1.165, 1.54) is 18.2 Å². The van der Waals surface area contributed by atoms with Gasteiger partial charge in [-0.15, -0.1) is 0 Å². The Morgan fingerprint density at radius 3 is 2.44 bits per heavy atom. The third-order valence-electron chi connectivity index (χ3n) is 2.89. The lowest BCUT2D eigenvalue weighted by atomic mass is 10.1. The molecular weight excluding hydrogens is 430 g/mol. The van der Waals surface area contributed by atoms with Crippen molar-refractivity contribution < 1.29 is 13.2 Å². The van der Waals surface area contributed by atoms with E-state index in [9.17, 15) is 13.2 Å². The van der Waals surface area contributed by atoms with Gasteiger partial charge in [-0.1, -0.05) is 11.6 Å². The molecule has 0 radical (unpaired) electrons. The van der Waals surface area contributed by atoms with Crippen LogP contribution in [0, 0.1) is 0 Å². The molecule has 25 heavy (non-hydrogen) atoms. The Balaban J connectivity index is 2.32. The summed E-state index contributed by atoms with van der Waals surface area (Å²) in [6.45, 7) is 5.15. The summed E-state index contributed by atoms with van der Waals surface area (Å²) >= 11 is 9.28. The second kappa shape index (κ2) is 7.41. The van der Waals surface area contributed by atoms with Crippen LogP contribution in [-0.2, 0) is 10.0 Å². The van der Waals surface area contributed by atoms with Crippen molar-refractivity contribution >= 4 is 49.3 Å². The standard InChI is InChI=1S/C16H17BrClN3O3S/c1-16(2,3)21-25(23,24)13-8-10(4-6-12(13)18)15(22)20-14-7-5-11(17)9-19-14/h4-9,21H,1-3H3,(H,19,20,22). The monoisotopic (exact) mass is 445 g/mol. The highest BCUT2D eigenvalue weighted by atomic mass is 79.9.